The summed E-state index contributed by atoms with van der Waals surface area (Å²) in [6, 6.07) is 5.38. The van der Waals surface area contributed by atoms with Gasteiger partial charge in [0.2, 0.25) is 26.0 Å². The maximum absolute atomic E-state index is 12.9. The summed E-state index contributed by atoms with van der Waals surface area (Å²) in [6.07, 6.45) is 2.49. The van der Waals surface area contributed by atoms with Crippen LogP contribution < -0.4 is 5.32 Å². The number of rotatable bonds is 7. The number of morpholine rings is 1. The Morgan fingerprint density at radius 3 is 1.90 bits per heavy atom. The fraction of sp³-hybridized carbons (Fsp3) is 0.526. The Morgan fingerprint density at radius 1 is 0.967 bits per heavy atom. The maximum atomic E-state index is 12.9. The first-order valence-corrected chi connectivity index (χ1v) is 12.7. The molecule has 3 rings (SSSR count). The molecule has 30 heavy (non-hydrogen) atoms. The first-order chi connectivity index (χ1) is 14.2. The lowest BCUT2D eigenvalue weighted by atomic mass is 9.98. The topological polar surface area (TPSA) is 113 Å². The number of piperidine rings is 1. The zero-order chi connectivity index (χ0) is 21.8. The lowest BCUT2D eigenvalue weighted by molar-refractivity contribution is -0.116. The Morgan fingerprint density at radius 2 is 1.43 bits per heavy atom. The van der Waals surface area contributed by atoms with Gasteiger partial charge < -0.3 is 10.1 Å². The van der Waals surface area contributed by atoms with E-state index in [1.165, 1.54) is 39.0 Å². The molecule has 1 aromatic rings. The standard InChI is InChI=1S/C19H27N3O6S2/c1-2-19(23)20-15-16-7-9-21(10-8-16)29(24,25)17-3-5-18(6-4-17)30(26,27)22-11-13-28-14-12-22/h2-6,16H,1,7-15H2,(H,20,23). The average molecular weight is 458 g/mol. The van der Waals surface area contributed by atoms with Crippen molar-refractivity contribution in [3.8, 4) is 0 Å². The van der Waals surface area contributed by atoms with Crippen molar-refractivity contribution in [2.24, 2.45) is 5.92 Å². The number of carbonyl (C=O) groups excluding carboxylic acids is 1. The number of hydrogen-bond donors (Lipinski definition) is 1. The van der Waals surface area contributed by atoms with Gasteiger partial charge in [0.1, 0.15) is 0 Å². The molecule has 2 aliphatic heterocycles. The summed E-state index contributed by atoms with van der Waals surface area (Å²) in [6.45, 7) is 5.86. The molecular weight excluding hydrogens is 430 g/mol. The first kappa shape index (κ1) is 22.9. The monoisotopic (exact) mass is 457 g/mol. The molecule has 166 valence electrons. The van der Waals surface area contributed by atoms with Gasteiger partial charge in [0.25, 0.3) is 0 Å². The Hall–Kier alpha value is -1.79. The van der Waals surface area contributed by atoms with E-state index in [2.05, 4.69) is 11.9 Å². The molecule has 2 aliphatic rings. The van der Waals surface area contributed by atoms with Crippen LogP contribution in [-0.2, 0) is 29.6 Å². The molecule has 2 heterocycles. The molecule has 1 aromatic carbocycles. The largest absolute Gasteiger partial charge is 0.379 e. The highest BCUT2D eigenvalue weighted by Crippen LogP contribution is 2.25. The van der Waals surface area contributed by atoms with E-state index in [0.29, 0.717) is 45.7 Å². The first-order valence-electron chi connectivity index (χ1n) is 9.83. The van der Waals surface area contributed by atoms with E-state index < -0.39 is 20.0 Å². The van der Waals surface area contributed by atoms with E-state index in [-0.39, 0.29) is 34.7 Å². The average Bonchev–Trinajstić information content (AvgIpc) is 2.78. The van der Waals surface area contributed by atoms with Gasteiger partial charge in [-0.25, -0.2) is 16.8 Å². The van der Waals surface area contributed by atoms with Crippen LogP contribution in [0.1, 0.15) is 12.8 Å². The number of nitrogens with one attached hydrogen (secondary N) is 1. The molecule has 9 nitrogen and oxygen atoms in total. The third-order valence-electron chi connectivity index (χ3n) is 5.39. The second-order valence-electron chi connectivity index (χ2n) is 7.28. The second-order valence-corrected chi connectivity index (χ2v) is 11.2. The summed E-state index contributed by atoms with van der Waals surface area (Å²) in [5.41, 5.74) is 0. The minimum atomic E-state index is -3.71. The molecule has 2 saturated heterocycles. The maximum Gasteiger partial charge on any atom is 0.243 e. The Labute approximate surface area is 177 Å². The van der Waals surface area contributed by atoms with Gasteiger partial charge in [-0.15, -0.1) is 0 Å². The third kappa shape index (κ3) is 5.09. The van der Waals surface area contributed by atoms with Crippen molar-refractivity contribution in [1.29, 1.82) is 0 Å². The summed E-state index contributed by atoms with van der Waals surface area (Å²) in [5.74, 6) is -0.0291. The van der Waals surface area contributed by atoms with E-state index in [1.54, 1.807) is 0 Å². The zero-order valence-electron chi connectivity index (χ0n) is 16.7. The summed E-state index contributed by atoms with van der Waals surface area (Å²) < 4.78 is 59.2. The number of sulfonamides is 2. The molecule has 0 radical (unpaired) electrons. The van der Waals surface area contributed by atoms with Crippen LogP contribution in [-0.4, -0.2) is 77.3 Å². The van der Waals surface area contributed by atoms with Crippen LogP contribution in [0.15, 0.2) is 46.7 Å². The Balaban J connectivity index is 1.64. The van der Waals surface area contributed by atoms with Crippen molar-refractivity contribution in [2.45, 2.75) is 22.6 Å². The highest BCUT2D eigenvalue weighted by atomic mass is 32.2. The molecule has 1 N–H and O–H groups in total. The molecule has 0 spiro atoms. The third-order valence-corrected chi connectivity index (χ3v) is 9.22. The molecule has 11 heteroatoms. The number of ether oxygens (including phenoxy) is 1. The van der Waals surface area contributed by atoms with Crippen LogP contribution in [0.3, 0.4) is 0 Å². The van der Waals surface area contributed by atoms with Crippen molar-refractivity contribution < 1.29 is 26.4 Å². The van der Waals surface area contributed by atoms with Gasteiger partial charge in [-0.05, 0) is 49.1 Å². The normalized spacial score (nSPS) is 20.0. The summed E-state index contributed by atoms with van der Waals surface area (Å²) in [4.78, 5) is 11.4. The number of hydrogen-bond acceptors (Lipinski definition) is 6. The van der Waals surface area contributed by atoms with Crippen LogP contribution in [0.4, 0.5) is 0 Å². The van der Waals surface area contributed by atoms with Crippen LogP contribution in [0, 0.1) is 5.92 Å². The minimum absolute atomic E-state index is 0.0695. The molecule has 0 unspecified atom stereocenters. The van der Waals surface area contributed by atoms with Gasteiger partial charge in [0.15, 0.2) is 0 Å². The van der Waals surface area contributed by atoms with Gasteiger partial charge in [0.05, 0.1) is 23.0 Å². The van der Waals surface area contributed by atoms with Crippen LogP contribution >= 0.6 is 0 Å². The fourth-order valence-corrected chi connectivity index (χ4v) is 6.42. The van der Waals surface area contributed by atoms with Gasteiger partial charge in [-0.3, -0.25) is 4.79 Å². The van der Waals surface area contributed by atoms with Crippen molar-refractivity contribution in [3.63, 3.8) is 0 Å². The highest BCUT2D eigenvalue weighted by Gasteiger charge is 2.31. The van der Waals surface area contributed by atoms with E-state index in [1.807, 2.05) is 0 Å². The number of nitrogens with zero attached hydrogens (tertiary/aromatic N) is 2. The van der Waals surface area contributed by atoms with E-state index in [9.17, 15) is 21.6 Å². The van der Waals surface area contributed by atoms with Gasteiger partial charge in [-0.2, -0.15) is 8.61 Å². The molecule has 0 aromatic heterocycles. The number of amides is 1. The van der Waals surface area contributed by atoms with E-state index in [4.69, 9.17) is 4.74 Å². The van der Waals surface area contributed by atoms with Gasteiger partial charge >= 0.3 is 0 Å². The molecular formula is C19H27N3O6S2. The van der Waals surface area contributed by atoms with Crippen LogP contribution in [0.5, 0.6) is 0 Å². The molecule has 0 saturated carbocycles. The second kappa shape index (κ2) is 9.56. The van der Waals surface area contributed by atoms with Crippen molar-refractivity contribution in [2.75, 3.05) is 45.9 Å². The molecule has 0 aliphatic carbocycles. The molecule has 1 amide bonds. The fourth-order valence-electron chi connectivity index (χ4n) is 3.54. The quantitative estimate of drug-likeness (QED) is 0.594. The van der Waals surface area contributed by atoms with E-state index >= 15 is 0 Å². The predicted octanol–water partition coefficient (Wildman–Crippen LogP) is 0.410. The SMILES string of the molecule is C=CC(=O)NCC1CCN(S(=O)(=O)c2ccc(S(=O)(=O)N3CCOCC3)cc2)CC1. The van der Waals surface area contributed by atoms with Gasteiger partial charge in [0, 0.05) is 32.7 Å². The Kier molecular flexibility index (Phi) is 7.30. The molecule has 2 fully saturated rings. The smallest absolute Gasteiger partial charge is 0.243 e. The Bertz CT molecular complexity index is 962. The van der Waals surface area contributed by atoms with Crippen LogP contribution in [0.2, 0.25) is 0 Å². The lowest BCUT2D eigenvalue weighted by Crippen LogP contribution is -2.41. The highest BCUT2D eigenvalue weighted by molar-refractivity contribution is 7.89. The lowest BCUT2D eigenvalue weighted by Gasteiger charge is -2.31. The summed E-state index contributed by atoms with van der Waals surface area (Å²) in [5, 5.41) is 2.74. The number of carbonyl (C=O) groups is 1. The van der Waals surface area contributed by atoms with Crippen molar-refractivity contribution in [1.82, 2.24) is 13.9 Å². The molecule has 0 bridgehead atoms. The predicted molar refractivity (Wildman–Crippen MR) is 111 cm³/mol. The van der Waals surface area contributed by atoms with Crippen molar-refractivity contribution >= 4 is 26.0 Å². The van der Waals surface area contributed by atoms with E-state index in [0.717, 1.165) is 0 Å². The van der Waals surface area contributed by atoms with Gasteiger partial charge in [-0.1, -0.05) is 6.58 Å². The molecule has 0 atom stereocenters. The summed E-state index contributed by atoms with van der Waals surface area (Å²) >= 11 is 0. The summed E-state index contributed by atoms with van der Waals surface area (Å²) in [7, 11) is -7.38. The number of benzene rings is 1. The zero-order valence-corrected chi connectivity index (χ0v) is 18.3. The van der Waals surface area contributed by atoms with Crippen LogP contribution in [0.25, 0.3) is 0 Å². The van der Waals surface area contributed by atoms with Crippen molar-refractivity contribution in [3.05, 3.63) is 36.9 Å². The minimum Gasteiger partial charge on any atom is -0.379 e.